The lowest BCUT2D eigenvalue weighted by atomic mass is 10.1. The predicted octanol–water partition coefficient (Wildman–Crippen LogP) is 1.44. The number of benzene rings is 1. The maximum Gasteiger partial charge on any atom is 0.508 e. The number of fused-ring (bicyclic) bond motifs is 2. The van der Waals surface area contributed by atoms with Crippen molar-refractivity contribution in [3.8, 4) is 11.5 Å². The quantitative estimate of drug-likeness (QED) is 0.206. The van der Waals surface area contributed by atoms with Crippen LogP contribution in [0, 0.1) is 13.8 Å². The van der Waals surface area contributed by atoms with Crippen molar-refractivity contribution in [2.45, 2.75) is 38.7 Å². The van der Waals surface area contributed by atoms with Gasteiger partial charge in [-0.3, -0.25) is 9.78 Å². The van der Waals surface area contributed by atoms with E-state index in [2.05, 4.69) is 28.9 Å². The molecule has 0 saturated carbocycles. The molecular weight excluding hydrogens is 580 g/mol. The van der Waals surface area contributed by atoms with Gasteiger partial charge in [0.05, 0.1) is 46.0 Å². The number of carbonyl (C=O) groups excluding carboxylic acids is 4. The Kier molecular flexibility index (Phi) is 10.4. The molecule has 0 saturated heterocycles. The molecule has 0 aromatic heterocycles. The van der Waals surface area contributed by atoms with Crippen LogP contribution in [-0.4, -0.2) is 97.5 Å². The first-order chi connectivity index (χ1) is 20.4. The van der Waals surface area contributed by atoms with Crippen LogP contribution in [0.2, 0.25) is 0 Å². The molecule has 2 heterocycles. The second kappa shape index (κ2) is 14.0. The van der Waals surface area contributed by atoms with Gasteiger partial charge in [-0.05, 0) is 37.1 Å². The monoisotopic (exact) mass is 608 g/mol. The number of hydrogen-bond donors (Lipinski definition) is 1. The molecule has 2 aliphatic heterocycles. The van der Waals surface area contributed by atoms with Crippen LogP contribution in [0.4, 0.5) is 19.2 Å². The third-order valence-corrected chi connectivity index (χ3v) is 6.08. The number of methoxy groups -OCH3 is 4. The molecule has 18 nitrogen and oxygen atoms in total. The van der Waals surface area contributed by atoms with Gasteiger partial charge in [0.25, 0.3) is 5.56 Å². The van der Waals surface area contributed by atoms with Gasteiger partial charge >= 0.3 is 30.3 Å². The molecule has 0 fully saturated rings. The van der Waals surface area contributed by atoms with Crippen LogP contribution in [0.25, 0.3) is 22.6 Å². The first kappa shape index (κ1) is 32.1. The summed E-state index contributed by atoms with van der Waals surface area (Å²) < 4.78 is 40.4. The van der Waals surface area contributed by atoms with E-state index in [-0.39, 0.29) is 11.5 Å². The van der Waals surface area contributed by atoms with Crippen molar-refractivity contribution in [2.24, 2.45) is 0 Å². The second-order valence-corrected chi connectivity index (χ2v) is 8.71. The van der Waals surface area contributed by atoms with E-state index < -0.39 is 67.3 Å². The van der Waals surface area contributed by atoms with Crippen LogP contribution in [0.5, 0.6) is 0 Å². The minimum absolute atomic E-state index is 0.226. The van der Waals surface area contributed by atoms with Crippen molar-refractivity contribution in [1.82, 2.24) is 19.5 Å². The number of carbonyl (C=O) groups is 4. The fourth-order valence-corrected chi connectivity index (χ4v) is 3.92. The van der Waals surface area contributed by atoms with Crippen molar-refractivity contribution >= 4 is 35.7 Å². The number of H-pyrrole nitrogens is 1. The number of aromatic amines is 1. The molecule has 0 amide bonds. The van der Waals surface area contributed by atoms with Crippen molar-refractivity contribution in [1.29, 1.82) is 0 Å². The van der Waals surface area contributed by atoms with E-state index in [1.807, 2.05) is 11.9 Å². The number of ether oxygens (including phenoxy) is 8. The highest BCUT2D eigenvalue weighted by Crippen LogP contribution is 2.26. The summed E-state index contributed by atoms with van der Waals surface area (Å²) in [6, 6.07) is 3.36. The molecule has 1 aromatic carbocycles. The summed E-state index contributed by atoms with van der Waals surface area (Å²) in [5.74, 6) is -0.226. The van der Waals surface area contributed by atoms with Gasteiger partial charge in [0.2, 0.25) is 0 Å². The van der Waals surface area contributed by atoms with Crippen LogP contribution in [0.1, 0.15) is 11.1 Å². The van der Waals surface area contributed by atoms with E-state index >= 15 is 0 Å². The van der Waals surface area contributed by atoms with Crippen molar-refractivity contribution in [3.63, 3.8) is 0 Å². The standard InChI is InChI=1S/C25H28N4O14/c1-11-7-13-14(8-12(11)2)29(19-17(26-13)20(30)28-21(31)27-19)9-15(41-23(33)37-4)18(43-25(35)39-6)16(42-24(34)38-5)10-40-22(32)36-3/h7-8,15-16,18H,9-10H2,1-6H3,(H,28,30,31). The zero-order valence-corrected chi connectivity index (χ0v) is 23.9. The Morgan fingerprint density at radius 3 is 1.95 bits per heavy atom. The Morgan fingerprint density at radius 2 is 1.35 bits per heavy atom. The molecule has 0 radical (unpaired) electrons. The fourth-order valence-electron chi connectivity index (χ4n) is 3.92. The van der Waals surface area contributed by atoms with Crippen LogP contribution in [0.15, 0.2) is 21.7 Å². The number of rotatable bonds is 9. The first-order valence-electron chi connectivity index (χ1n) is 12.3. The lowest BCUT2D eigenvalue weighted by Crippen LogP contribution is -2.49. The van der Waals surface area contributed by atoms with Crippen molar-refractivity contribution in [3.05, 3.63) is 44.1 Å². The molecule has 3 rings (SSSR count). The van der Waals surface area contributed by atoms with E-state index in [9.17, 15) is 28.8 Å². The molecule has 3 unspecified atom stereocenters. The molecule has 0 spiro atoms. The van der Waals surface area contributed by atoms with Crippen molar-refractivity contribution < 1.29 is 57.1 Å². The molecule has 43 heavy (non-hydrogen) atoms. The Labute approximate surface area is 242 Å². The number of aryl methyl sites for hydroxylation is 2. The molecule has 18 heteroatoms. The van der Waals surface area contributed by atoms with Gasteiger partial charge < -0.3 is 42.5 Å². The Hall–Kier alpha value is -5.42. The lowest BCUT2D eigenvalue weighted by Gasteiger charge is -2.32. The van der Waals surface area contributed by atoms with E-state index in [0.29, 0.717) is 11.0 Å². The smallest absolute Gasteiger partial charge is 0.438 e. The van der Waals surface area contributed by atoms with Crippen LogP contribution in [-0.2, 0) is 44.4 Å². The highest BCUT2D eigenvalue weighted by atomic mass is 16.8. The van der Waals surface area contributed by atoms with Crippen LogP contribution < -0.4 is 11.2 Å². The largest absolute Gasteiger partial charge is 0.508 e. The molecular formula is C25H28N4O14. The maximum atomic E-state index is 12.7. The number of aromatic nitrogens is 4. The van der Waals surface area contributed by atoms with Gasteiger partial charge in [0, 0.05) is 0 Å². The highest BCUT2D eigenvalue weighted by molar-refractivity contribution is 5.81. The molecule has 0 aliphatic carbocycles. The summed E-state index contributed by atoms with van der Waals surface area (Å²) in [7, 11) is 3.98. The Bertz CT molecular complexity index is 1600. The molecule has 2 aliphatic rings. The zero-order chi connectivity index (χ0) is 31.8. The third kappa shape index (κ3) is 7.66. The second-order valence-electron chi connectivity index (χ2n) is 8.71. The normalized spacial score (nSPS) is 12.9. The maximum absolute atomic E-state index is 12.7. The number of hydrogen-bond acceptors (Lipinski definition) is 16. The zero-order valence-electron chi connectivity index (χ0n) is 23.9. The fraction of sp³-hybridized carbons (Fsp3) is 0.440. The molecule has 3 atom stereocenters. The third-order valence-electron chi connectivity index (χ3n) is 6.08. The van der Waals surface area contributed by atoms with Gasteiger partial charge in [-0.2, -0.15) is 4.98 Å². The molecule has 1 N–H and O–H groups in total. The van der Waals surface area contributed by atoms with E-state index in [0.717, 1.165) is 39.6 Å². The van der Waals surface area contributed by atoms with E-state index in [4.69, 9.17) is 18.9 Å². The minimum atomic E-state index is -1.80. The lowest BCUT2D eigenvalue weighted by molar-refractivity contribution is -0.120. The van der Waals surface area contributed by atoms with Crippen LogP contribution >= 0.6 is 0 Å². The molecule has 232 valence electrons. The highest BCUT2D eigenvalue weighted by Gasteiger charge is 2.41. The summed E-state index contributed by atoms with van der Waals surface area (Å²) in [4.78, 5) is 83.9. The van der Waals surface area contributed by atoms with Gasteiger partial charge in [-0.15, -0.1) is 0 Å². The van der Waals surface area contributed by atoms with E-state index in [1.54, 1.807) is 19.1 Å². The summed E-state index contributed by atoms with van der Waals surface area (Å²) in [6.07, 6.45) is -10.3. The Morgan fingerprint density at radius 1 is 0.791 bits per heavy atom. The van der Waals surface area contributed by atoms with E-state index in [1.165, 1.54) is 4.57 Å². The summed E-state index contributed by atoms with van der Waals surface area (Å²) in [5.41, 5.74) is 0.114. The minimum Gasteiger partial charge on any atom is -0.438 e. The Balaban J connectivity index is 2.29. The summed E-state index contributed by atoms with van der Waals surface area (Å²) in [6.45, 7) is 2.29. The van der Waals surface area contributed by atoms with Gasteiger partial charge in [-0.25, -0.2) is 29.0 Å². The average Bonchev–Trinajstić information content (AvgIpc) is 2.98. The topological polar surface area (TPSA) is 223 Å². The number of nitrogens with one attached hydrogen (secondary N) is 1. The van der Waals surface area contributed by atoms with Gasteiger partial charge in [-0.1, -0.05) is 0 Å². The predicted molar refractivity (Wildman–Crippen MR) is 141 cm³/mol. The van der Waals surface area contributed by atoms with Gasteiger partial charge in [0.1, 0.15) is 6.61 Å². The van der Waals surface area contributed by atoms with Crippen LogP contribution in [0.3, 0.4) is 0 Å². The van der Waals surface area contributed by atoms with Gasteiger partial charge in [0.15, 0.2) is 29.8 Å². The SMILES string of the molecule is COC(=O)OCC(OC(=O)OC)C(OC(=O)OC)C(Cn1c2nc(=O)[nH]c(=O)c-2nc2cc(C)c(C)cc21)OC(=O)OC. The molecule has 0 bridgehead atoms. The molecule has 1 aromatic rings. The summed E-state index contributed by atoms with van der Waals surface area (Å²) >= 11 is 0. The number of nitrogens with zero attached hydrogens (tertiary/aromatic N) is 3. The average molecular weight is 609 g/mol. The summed E-state index contributed by atoms with van der Waals surface area (Å²) in [5, 5.41) is 0. The first-order valence-corrected chi connectivity index (χ1v) is 12.3. The van der Waals surface area contributed by atoms with Crippen molar-refractivity contribution in [2.75, 3.05) is 35.0 Å².